The third-order valence-corrected chi connectivity index (χ3v) is 4.91. The summed E-state index contributed by atoms with van der Waals surface area (Å²) in [6.45, 7) is 5.09. The van der Waals surface area contributed by atoms with E-state index in [9.17, 15) is 4.79 Å². The van der Waals surface area contributed by atoms with Crippen LogP contribution in [-0.4, -0.2) is 74.8 Å². The maximum absolute atomic E-state index is 12.9. The van der Waals surface area contributed by atoms with Gasteiger partial charge in [-0.15, -0.1) is 10.2 Å². The Morgan fingerprint density at radius 3 is 2.96 bits per heavy atom. The van der Waals surface area contributed by atoms with Gasteiger partial charge >= 0.3 is 0 Å². The normalized spacial score (nSPS) is 24.2. The third kappa shape index (κ3) is 2.91. The quantitative estimate of drug-likeness (QED) is 0.794. The molecule has 1 fully saturated rings. The third-order valence-electron chi connectivity index (χ3n) is 4.91. The number of morpholine rings is 1. The van der Waals surface area contributed by atoms with Gasteiger partial charge in [-0.25, -0.2) is 0 Å². The van der Waals surface area contributed by atoms with Gasteiger partial charge in [0.05, 0.1) is 25.8 Å². The number of fused-ring (bicyclic) bond motifs is 1. The van der Waals surface area contributed by atoms with Crippen LogP contribution in [0.1, 0.15) is 18.8 Å². The number of nitrogens with zero attached hydrogens (tertiary/aromatic N) is 6. The summed E-state index contributed by atoms with van der Waals surface area (Å²) in [5.41, 5.74) is 0.799. The van der Waals surface area contributed by atoms with Gasteiger partial charge in [0.15, 0.2) is 11.6 Å². The van der Waals surface area contributed by atoms with Crippen molar-refractivity contribution in [1.82, 2.24) is 29.5 Å². The number of rotatable bonds is 2. The summed E-state index contributed by atoms with van der Waals surface area (Å²) in [6, 6.07) is 5.62. The topological polar surface area (TPSA) is 76.4 Å². The minimum atomic E-state index is -0.217. The van der Waals surface area contributed by atoms with Crippen molar-refractivity contribution in [2.24, 2.45) is 0 Å². The van der Waals surface area contributed by atoms with Crippen molar-refractivity contribution < 1.29 is 9.53 Å². The Kier molecular flexibility index (Phi) is 4.22. The molecule has 0 spiro atoms. The largest absolute Gasteiger partial charge is 0.378 e. The molecule has 132 valence electrons. The van der Waals surface area contributed by atoms with Crippen molar-refractivity contribution in [3.63, 3.8) is 0 Å². The summed E-state index contributed by atoms with van der Waals surface area (Å²) < 4.78 is 7.58. The van der Waals surface area contributed by atoms with Crippen molar-refractivity contribution in [2.75, 3.05) is 33.4 Å². The van der Waals surface area contributed by atoms with Gasteiger partial charge in [0, 0.05) is 19.3 Å². The molecule has 2 aliphatic heterocycles. The molecule has 2 aliphatic rings. The van der Waals surface area contributed by atoms with E-state index in [4.69, 9.17) is 4.74 Å². The molecule has 2 aromatic heterocycles. The number of likely N-dealkylation sites (N-methyl/N-ethyl adjacent to an activating group) is 1. The minimum absolute atomic E-state index is 0.0921. The van der Waals surface area contributed by atoms with Gasteiger partial charge in [0.2, 0.25) is 5.91 Å². The van der Waals surface area contributed by atoms with Crippen LogP contribution in [0.25, 0.3) is 11.5 Å². The fourth-order valence-corrected chi connectivity index (χ4v) is 3.53. The van der Waals surface area contributed by atoms with E-state index in [0.29, 0.717) is 26.3 Å². The molecule has 0 N–H and O–H groups in total. The van der Waals surface area contributed by atoms with E-state index in [1.807, 2.05) is 30.1 Å². The maximum Gasteiger partial charge on any atom is 0.242 e. The van der Waals surface area contributed by atoms with Gasteiger partial charge in [-0.1, -0.05) is 6.07 Å². The highest BCUT2D eigenvalue weighted by Crippen LogP contribution is 2.27. The first-order valence-corrected chi connectivity index (χ1v) is 8.57. The summed E-state index contributed by atoms with van der Waals surface area (Å²) in [4.78, 5) is 21.2. The number of pyridine rings is 1. The minimum Gasteiger partial charge on any atom is -0.378 e. The number of hydrogen-bond acceptors (Lipinski definition) is 6. The standard InChI is InChI=1S/C17H22N6O2/c1-12-9-22(17(24)14-11-25-8-7-21(14)2)10-15-19-20-16(23(12)15)13-5-3-4-6-18-13/h3-6,12,14H,7-11H2,1-2H3/t12-,14+/m0/s1. The fraction of sp³-hybridized carbons (Fsp3) is 0.529. The van der Waals surface area contributed by atoms with Crippen LogP contribution in [0.2, 0.25) is 0 Å². The first kappa shape index (κ1) is 16.2. The van der Waals surface area contributed by atoms with Crippen molar-refractivity contribution >= 4 is 5.91 Å². The Balaban J connectivity index is 1.58. The van der Waals surface area contributed by atoms with E-state index in [1.165, 1.54) is 0 Å². The zero-order valence-corrected chi connectivity index (χ0v) is 14.5. The molecule has 1 amide bonds. The van der Waals surface area contributed by atoms with Gasteiger partial charge < -0.3 is 14.2 Å². The number of ether oxygens (including phenoxy) is 1. The highest BCUT2D eigenvalue weighted by Gasteiger charge is 2.35. The molecule has 8 nitrogen and oxygen atoms in total. The molecule has 4 heterocycles. The zero-order valence-electron chi connectivity index (χ0n) is 14.5. The highest BCUT2D eigenvalue weighted by atomic mass is 16.5. The Morgan fingerprint density at radius 2 is 2.20 bits per heavy atom. The molecule has 0 unspecified atom stereocenters. The summed E-state index contributed by atoms with van der Waals surface area (Å²) in [6.07, 6.45) is 1.75. The molecule has 0 aliphatic carbocycles. The van der Waals surface area contributed by atoms with E-state index in [1.54, 1.807) is 6.20 Å². The summed E-state index contributed by atoms with van der Waals surface area (Å²) >= 11 is 0. The molecule has 1 saturated heterocycles. The van der Waals surface area contributed by atoms with Crippen LogP contribution in [-0.2, 0) is 16.1 Å². The Hall–Kier alpha value is -2.32. The predicted molar refractivity (Wildman–Crippen MR) is 90.6 cm³/mol. The number of hydrogen-bond donors (Lipinski definition) is 0. The maximum atomic E-state index is 12.9. The van der Waals surface area contributed by atoms with Gasteiger partial charge in [0.25, 0.3) is 0 Å². The molecule has 0 bridgehead atoms. The van der Waals surface area contributed by atoms with Gasteiger partial charge in [0.1, 0.15) is 11.7 Å². The van der Waals surface area contributed by atoms with Crippen molar-refractivity contribution in [3.05, 3.63) is 30.2 Å². The lowest BCUT2D eigenvalue weighted by Gasteiger charge is -2.38. The van der Waals surface area contributed by atoms with Gasteiger partial charge in [-0.2, -0.15) is 0 Å². The lowest BCUT2D eigenvalue weighted by atomic mass is 10.1. The Labute approximate surface area is 146 Å². The molecular weight excluding hydrogens is 320 g/mol. The molecule has 8 heteroatoms. The van der Waals surface area contributed by atoms with E-state index in [-0.39, 0.29) is 18.0 Å². The number of aromatic nitrogens is 4. The Morgan fingerprint density at radius 1 is 1.32 bits per heavy atom. The van der Waals surface area contributed by atoms with Crippen LogP contribution in [0, 0.1) is 0 Å². The lowest BCUT2D eigenvalue weighted by Crippen LogP contribution is -2.54. The number of carbonyl (C=O) groups excluding carboxylic acids is 1. The van der Waals surface area contributed by atoms with Crippen LogP contribution in [0.3, 0.4) is 0 Å². The van der Waals surface area contributed by atoms with Gasteiger partial charge in [-0.05, 0) is 26.1 Å². The molecule has 0 saturated carbocycles. The monoisotopic (exact) mass is 342 g/mol. The molecule has 25 heavy (non-hydrogen) atoms. The Bertz CT molecular complexity index is 762. The van der Waals surface area contributed by atoms with E-state index in [0.717, 1.165) is 23.9 Å². The second-order valence-corrected chi connectivity index (χ2v) is 6.66. The molecule has 0 radical (unpaired) electrons. The van der Waals surface area contributed by atoms with Crippen LogP contribution < -0.4 is 0 Å². The van der Waals surface area contributed by atoms with E-state index in [2.05, 4.69) is 31.6 Å². The van der Waals surface area contributed by atoms with Crippen LogP contribution in [0.5, 0.6) is 0 Å². The predicted octanol–water partition coefficient (Wildman–Crippen LogP) is 0.574. The molecule has 0 aromatic carbocycles. The van der Waals surface area contributed by atoms with Crippen LogP contribution in [0.4, 0.5) is 0 Å². The summed E-state index contributed by atoms with van der Waals surface area (Å²) in [7, 11) is 1.97. The number of carbonyl (C=O) groups is 1. The van der Waals surface area contributed by atoms with Crippen molar-refractivity contribution in [3.8, 4) is 11.5 Å². The number of amides is 1. The fourth-order valence-electron chi connectivity index (χ4n) is 3.53. The smallest absolute Gasteiger partial charge is 0.242 e. The van der Waals surface area contributed by atoms with Gasteiger partial charge in [-0.3, -0.25) is 14.7 Å². The summed E-state index contributed by atoms with van der Waals surface area (Å²) in [5.74, 6) is 1.66. The lowest BCUT2D eigenvalue weighted by molar-refractivity contribution is -0.144. The first-order valence-electron chi connectivity index (χ1n) is 8.57. The zero-order chi connectivity index (χ0) is 17.4. The first-order chi connectivity index (χ1) is 12.1. The molecule has 2 atom stereocenters. The van der Waals surface area contributed by atoms with Crippen molar-refractivity contribution in [1.29, 1.82) is 0 Å². The van der Waals surface area contributed by atoms with Crippen molar-refractivity contribution in [2.45, 2.75) is 25.6 Å². The van der Waals surface area contributed by atoms with E-state index >= 15 is 0 Å². The highest BCUT2D eigenvalue weighted by molar-refractivity contribution is 5.82. The van der Waals surface area contributed by atoms with E-state index < -0.39 is 0 Å². The second-order valence-electron chi connectivity index (χ2n) is 6.66. The molecule has 4 rings (SSSR count). The van der Waals surface area contributed by atoms with Crippen LogP contribution >= 0.6 is 0 Å². The summed E-state index contributed by atoms with van der Waals surface area (Å²) in [5, 5.41) is 8.63. The average molecular weight is 342 g/mol. The molecule has 2 aromatic rings. The van der Waals surface area contributed by atoms with Crippen LogP contribution in [0.15, 0.2) is 24.4 Å². The second kappa shape index (κ2) is 6.53. The molecular formula is C17H22N6O2. The SMILES string of the molecule is C[C@H]1CN(C(=O)[C@H]2COCCN2C)Cc2nnc(-c3ccccn3)n21. The average Bonchev–Trinajstić information content (AvgIpc) is 3.07.